The zero-order chi connectivity index (χ0) is 20.3. The standard InChI is InChI=1S/C27H21N3/c1-27(2)21-12-7-6-11-19(21)20-17-28-23-15-16-30(26(23)25(20)27)24-14-8-13-22(29-24)18-9-4-3-5-10-18/h3-17H,1-2H3. The SMILES string of the molecule is CC1(C)c2ccccc2-c2cnc3ccn(-c4cccc(-c5ccccc5)n4)c3c21. The van der Waals surface area contributed by atoms with Crippen molar-refractivity contribution >= 4 is 11.0 Å². The van der Waals surface area contributed by atoms with Crippen molar-refractivity contribution in [3.8, 4) is 28.2 Å². The summed E-state index contributed by atoms with van der Waals surface area (Å²) in [6.07, 6.45) is 4.12. The molecule has 0 aliphatic heterocycles. The van der Waals surface area contributed by atoms with Crippen molar-refractivity contribution in [1.29, 1.82) is 0 Å². The number of aromatic nitrogens is 3. The third-order valence-electron chi connectivity index (χ3n) is 6.27. The van der Waals surface area contributed by atoms with Crippen molar-refractivity contribution in [3.63, 3.8) is 0 Å². The molecule has 3 heterocycles. The summed E-state index contributed by atoms with van der Waals surface area (Å²) in [5.41, 5.74) is 9.32. The van der Waals surface area contributed by atoms with Gasteiger partial charge in [0.05, 0.1) is 16.7 Å². The Bertz CT molecular complexity index is 1410. The van der Waals surface area contributed by atoms with Crippen LogP contribution in [0.15, 0.2) is 91.3 Å². The lowest BCUT2D eigenvalue weighted by Crippen LogP contribution is -2.16. The van der Waals surface area contributed by atoms with Crippen LogP contribution in [0.2, 0.25) is 0 Å². The average molecular weight is 387 g/mol. The topological polar surface area (TPSA) is 30.7 Å². The van der Waals surface area contributed by atoms with E-state index in [1.54, 1.807) is 0 Å². The van der Waals surface area contributed by atoms with E-state index in [0.29, 0.717) is 0 Å². The number of hydrogen-bond acceptors (Lipinski definition) is 2. The van der Waals surface area contributed by atoms with Gasteiger partial charge in [0, 0.05) is 28.9 Å². The third kappa shape index (κ3) is 2.32. The predicted octanol–water partition coefficient (Wildman–Crippen LogP) is 6.39. The molecule has 0 unspecified atom stereocenters. The molecule has 3 nitrogen and oxygen atoms in total. The zero-order valence-electron chi connectivity index (χ0n) is 17.0. The fourth-order valence-corrected chi connectivity index (χ4v) is 4.85. The van der Waals surface area contributed by atoms with E-state index in [-0.39, 0.29) is 5.41 Å². The summed E-state index contributed by atoms with van der Waals surface area (Å²) < 4.78 is 2.20. The molecule has 2 aromatic carbocycles. The second-order valence-corrected chi connectivity index (χ2v) is 8.38. The van der Waals surface area contributed by atoms with Crippen molar-refractivity contribution in [1.82, 2.24) is 14.5 Å². The molecule has 0 saturated heterocycles. The molecule has 6 rings (SSSR count). The Morgan fingerprint density at radius 3 is 2.43 bits per heavy atom. The maximum absolute atomic E-state index is 4.99. The maximum atomic E-state index is 4.99. The van der Waals surface area contributed by atoms with Crippen LogP contribution in [-0.4, -0.2) is 14.5 Å². The molecule has 0 fully saturated rings. The highest BCUT2D eigenvalue weighted by atomic mass is 15.1. The van der Waals surface area contributed by atoms with Crippen molar-refractivity contribution in [2.24, 2.45) is 0 Å². The second-order valence-electron chi connectivity index (χ2n) is 8.38. The molecular formula is C27H21N3. The van der Waals surface area contributed by atoms with Crippen molar-refractivity contribution < 1.29 is 0 Å². The summed E-state index contributed by atoms with van der Waals surface area (Å²) in [6, 6.07) is 27.3. The van der Waals surface area contributed by atoms with Crippen LogP contribution in [0.25, 0.3) is 39.2 Å². The van der Waals surface area contributed by atoms with Gasteiger partial charge in [-0.25, -0.2) is 4.98 Å². The smallest absolute Gasteiger partial charge is 0.137 e. The van der Waals surface area contributed by atoms with Crippen LogP contribution < -0.4 is 0 Å². The van der Waals surface area contributed by atoms with Crippen LogP contribution in [0.1, 0.15) is 25.0 Å². The number of pyridine rings is 2. The number of rotatable bonds is 2. The molecule has 30 heavy (non-hydrogen) atoms. The largest absolute Gasteiger partial charge is 0.299 e. The van der Waals surface area contributed by atoms with Crippen LogP contribution in [-0.2, 0) is 5.41 Å². The minimum Gasteiger partial charge on any atom is -0.299 e. The van der Waals surface area contributed by atoms with Gasteiger partial charge in [-0.1, -0.05) is 74.5 Å². The highest BCUT2D eigenvalue weighted by Crippen LogP contribution is 2.50. The van der Waals surface area contributed by atoms with Crippen molar-refractivity contribution in [2.75, 3.05) is 0 Å². The van der Waals surface area contributed by atoms with Gasteiger partial charge in [0.25, 0.3) is 0 Å². The summed E-state index contributed by atoms with van der Waals surface area (Å²) in [5.74, 6) is 0.910. The Morgan fingerprint density at radius 2 is 1.57 bits per heavy atom. The molecule has 1 aliphatic carbocycles. The molecule has 5 aromatic rings. The summed E-state index contributed by atoms with van der Waals surface area (Å²) in [6.45, 7) is 4.62. The lowest BCUT2D eigenvalue weighted by Gasteiger charge is -2.23. The summed E-state index contributed by atoms with van der Waals surface area (Å²) in [5, 5.41) is 0. The highest BCUT2D eigenvalue weighted by molar-refractivity contribution is 5.94. The lowest BCUT2D eigenvalue weighted by atomic mass is 9.82. The summed E-state index contributed by atoms with van der Waals surface area (Å²) in [7, 11) is 0. The molecule has 1 aliphatic rings. The predicted molar refractivity (Wildman–Crippen MR) is 122 cm³/mol. The number of benzene rings is 2. The first kappa shape index (κ1) is 17.2. The Morgan fingerprint density at radius 1 is 0.767 bits per heavy atom. The van der Waals surface area contributed by atoms with Crippen LogP contribution in [0.4, 0.5) is 0 Å². The first-order valence-electron chi connectivity index (χ1n) is 10.3. The van der Waals surface area contributed by atoms with Crippen LogP contribution in [0.3, 0.4) is 0 Å². The molecule has 0 spiro atoms. The van der Waals surface area contributed by atoms with Gasteiger partial charge in [0.1, 0.15) is 5.82 Å². The quantitative estimate of drug-likeness (QED) is 0.351. The molecule has 0 bridgehead atoms. The van der Waals surface area contributed by atoms with Gasteiger partial charge in [-0.3, -0.25) is 9.55 Å². The lowest BCUT2D eigenvalue weighted by molar-refractivity contribution is 0.663. The van der Waals surface area contributed by atoms with E-state index >= 15 is 0 Å². The van der Waals surface area contributed by atoms with E-state index in [2.05, 4.69) is 85.3 Å². The molecule has 0 saturated carbocycles. The van der Waals surface area contributed by atoms with Crippen LogP contribution in [0, 0.1) is 0 Å². The first-order chi connectivity index (χ1) is 14.6. The normalized spacial score (nSPS) is 13.9. The summed E-state index contributed by atoms with van der Waals surface area (Å²) in [4.78, 5) is 9.79. The number of hydrogen-bond donors (Lipinski definition) is 0. The third-order valence-corrected chi connectivity index (χ3v) is 6.27. The van der Waals surface area contributed by atoms with Gasteiger partial charge in [-0.15, -0.1) is 0 Å². The van der Waals surface area contributed by atoms with Gasteiger partial charge >= 0.3 is 0 Å². The maximum Gasteiger partial charge on any atom is 0.137 e. The van der Waals surface area contributed by atoms with Crippen LogP contribution >= 0.6 is 0 Å². The molecule has 0 amide bonds. The van der Waals surface area contributed by atoms with Gasteiger partial charge in [-0.05, 0) is 34.9 Å². The Kier molecular flexibility index (Phi) is 3.51. The van der Waals surface area contributed by atoms with Gasteiger partial charge in [0.2, 0.25) is 0 Å². The van der Waals surface area contributed by atoms with Crippen molar-refractivity contribution in [3.05, 3.63) is 102 Å². The molecule has 144 valence electrons. The first-order valence-corrected chi connectivity index (χ1v) is 10.3. The molecular weight excluding hydrogens is 366 g/mol. The highest BCUT2D eigenvalue weighted by Gasteiger charge is 2.38. The minimum atomic E-state index is -0.0970. The van der Waals surface area contributed by atoms with Crippen molar-refractivity contribution in [2.45, 2.75) is 19.3 Å². The second kappa shape index (κ2) is 6.14. The van der Waals surface area contributed by atoms with E-state index < -0.39 is 0 Å². The van der Waals surface area contributed by atoms with E-state index in [4.69, 9.17) is 9.97 Å². The Labute approximate surface area is 175 Å². The molecule has 0 radical (unpaired) electrons. The molecule has 3 heteroatoms. The Hall–Kier alpha value is -3.72. The molecule has 3 aromatic heterocycles. The van der Waals surface area contributed by atoms with E-state index in [0.717, 1.165) is 28.1 Å². The Balaban J connectivity index is 1.61. The molecule has 0 atom stereocenters. The summed E-state index contributed by atoms with van der Waals surface area (Å²) >= 11 is 0. The van der Waals surface area contributed by atoms with Crippen LogP contribution in [0.5, 0.6) is 0 Å². The fourth-order valence-electron chi connectivity index (χ4n) is 4.85. The number of nitrogens with zero attached hydrogens (tertiary/aromatic N) is 3. The van der Waals surface area contributed by atoms with Gasteiger partial charge < -0.3 is 0 Å². The monoisotopic (exact) mass is 387 g/mol. The zero-order valence-corrected chi connectivity index (χ0v) is 17.0. The van der Waals surface area contributed by atoms with E-state index in [9.17, 15) is 0 Å². The average Bonchev–Trinajstić information content (AvgIpc) is 3.32. The van der Waals surface area contributed by atoms with Gasteiger partial charge in [-0.2, -0.15) is 0 Å². The minimum absolute atomic E-state index is 0.0970. The van der Waals surface area contributed by atoms with E-state index in [1.807, 2.05) is 24.4 Å². The fraction of sp³-hybridized carbons (Fsp3) is 0.111. The molecule has 0 N–H and O–H groups in total. The van der Waals surface area contributed by atoms with Gasteiger partial charge in [0.15, 0.2) is 0 Å². The van der Waals surface area contributed by atoms with E-state index in [1.165, 1.54) is 22.3 Å². The number of fused-ring (bicyclic) bond motifs is 5.